The van der Waals surface area contributed by atoms with Gasteiger partial charge in [0, 0.05) is 17.8 Å². The molecular weight excluding hydrogens is 419 g/mol. The van der Waals surface area contributed by atoms with Crippen molar-refractivity contribution in [2.75, 3.05) is 18.2 Å². The molecule has 6 heteroatoms. The summed E-state index contributed by atoms with van der Waals surface area (Å²) >= 11 is 0. The Balaban J connectivity index is 1.42. The molecule has 0 aromatic heterocycles. The fourth-order valence-electron chi connectivity index (χ4n) is 6.08. The summed E-state index contributed by atoms with van der Waals surface area (Å²) < 4.78 is 24.9. The van der Waals surface area contributed by atoms with Gasteiger partial charge in [-0.1, -0.05) is 37.3 Å². The Morgan fingerprint density at radius 1 is 1.03 bits per heavy atom. The molecule has 5 nitrogen and oxygen atoms in total. The summed E-state index contributed by atoms with van der Waals surface area (Å²) in [4.78, 5) is 16.2. The third kappa shape index (κ3) is 2.42. The zero-order chi connectivity index (χ0) is 22.4. The third-order valence-corrected chi connectivity index (χ3v) is 7.95. The van der Waals surface area contributed by atoms with Gasteiger partial charge in [0.05, 0.1) is 6.54 Å². The van der Waals surface area contributed by atoms with Crippen molar-refractivity contribution in [3.63, 3.8) is 0 Å². The molecule has 1 N–H and O–H groups in total. The van der Waals surface area contributed by atoms with Crippen LogP contribution >= 0.6 is 0 Å². The van der Waals surface area contributed by atoms with E-state index in [-0.39, 0.29) is 24.1 Å². The maximum absolute atomic E-state index is 14.3. The molecule has 3 aromatic carbocycles. The molecule has 7 rings (SSSR count). The zero-order valence-corrected chi connectivity index (χ0v) is 18.2. The lowest BCUT2D eigenvalue weighted by Gasteiger charge is -2.40. The number of fused-ring (bicyclic) bond motifs is 6. The summed E-state index contributed by atoms with van der Waals surface area (Å²) in [7, 11) is 0. The maximum Gasteiger partial charge on any atom is 0.243 e. The van der Waals surface area contributed by atoms with E-state index < -0.39 is 5.41 Å². The topological polar surface area (TPSA) is 50.8 Å². The monoisotopic (exact) mass is 442 g/mol. The summed E-state index contributed by atoms with van der Waals surface area (Å²) in [5.41, 5.74) is 3.96. The molecule has 1 fully saturated rings. The highest BCUT2D eigenvalue weighted by molar-refractivity contribution is 6.11. The first-order chi connectivity index (χ1) is 16.0. The van der Waals surface area contributed by atoms with Crippen LogP contribution < -0.4 is 19.7 Å². The van der Waals surface area contributed by atoms with Crippen LogP contribution in [0.4, 0.5) is 10.1 Å². The number of benzene rings is 3. The molecule has 3 aromatic rings. The van der Waals surface area contributed by atoms with Gasteiger partial charge in [-0.2, -0.15) is 0 Å². The van der Waals surface area contributed by atoms with Gasteiger partial charge >= 0.3 is 0 Å². The van der Waals surface area contributed by atoms with Gasteiger partial charge in [-0.05, 0) is 64.9 Å². The van der Waals surface area contributed by atoms with Gasteiger partial charge in [0.2, 0.25) is 12.7 Å². The van der Waals surface area contributed by atoms with Crippen LogP contribution in [-0.2, 0) is 22.3 Å². The number of nitrogens with one attached hydrogen (secondary N) is 1. The number of ether oxygens (including phenoxy) is 2. The number of carbonyl (C=O) groups excluding carboxylic acids is 1. The van der Waals surface area contributed by atoms with Gasteiger partial charge in [-0.3, -0.25) is 4.79 Å². The van der Waals surface area contributed by atoms with E-state index in [1.165, 1.54) is 12.1 Å². The van der Waals surface area contributed by atoms with Gasteiger partial charge < -0.3 is 19.7 Å². The normalized spacial score (nSPS) is 28.4. The molecule has 0 bridgehead atoms. The van der Waals surface area contributed by atoms with Crippen LogP contribution in [-0.4, -0.2) is 19.2 Å². The Hall–Kier alpha value is -3.38. The van der Waals surface area contributed by atoms with Crippen molar-refractivity contribution >= 4 is 11.6 Å². The molecule has 3 atom stereocenters. The van der Waals surface area contributed by atoms with E-state index in [1.807, 2.05) is 29.2 Å². The Labute approximate surface area is 191 Å². The quantitative estimate of drug-likeness (QED) is 0.646. The molecule has 4 aliphatic rings. The van der Waals surface area contributed by atoms with Crippen LogP contribution in [0.3, 0.4) is 0 Å². The first kappa shape index (κ1) is 19.1. The molecule has 2 spiro atoms. The van der Waals surface area contributed by atoms with E-state index in [0.29, 0.717) is 24.8 Å². The average Bonchev–Trinajstić information content (AvgIpc) is 3.15. The Morgan fingerprint density at radius 2 is 1.73 bits per heavy atom. The number of anilines is 1. The van der Waals surface area contributed by atoms with Crippen LogP contribution in [0.15, 0.2) is 60.7 Å². The van der Waals surface area contributed by atoms with Crippen molar-refractivity contribution < 1.29 is 18.7 Å². The summed E-state index contributed by atoms with van der Waals surface area (Å²) in [5, 5.41) is 3.77. The van der Waals surface area contributed by atoms with Gasteiger partial charge in [0.25, 0.3) is 0 Å². The predicted molar refractivity (Wildman–Crippen MR) is 121 cm³/mol. The lowest BCUT2D eigenvalue weighted by Crippen LogP contribution is -2.55. The van der Waals surface area contributed by atoms with Crippen molar-refractivity contribution in [2.45, 2.75) is 30.8 Å². The minimum Gasteiger partial charge on any atom is -0.454 e. The van der Waals surface area contributed by atoms with E-state index >= 15 is 0 Å². The van der Waals surface area contributed by atoms with E-state index in [0.717, 1.165) is 40.1 Å². The minimum atomic E-state index is -0.847. The van der Waals surface area contributed by atoms with Crippen molar-refractivity contribution in [3.05, 3.63) is 88.7 Å². The second kappa shape index (κ2) is 6.35. The molecule has 33 heavy (non-hydrogen) atoms. The first-order valence-electron chi connectivity index (χ1n) is 11.4. The average molecular weight is 442 g/mol. The van der Waals surface area contributed by atoms with E-state index in [1.54, 1.807) is 12.1 Å². The van der Waals surface area contributed by atoms with Crippen molar-refractivity contribution in [1.82, 2.24) is 5.32 Å². The van der Waals surface area contributed by atoms with Gasteiger partial charge in [0.1, 0.15) is 11.2 Å². The van der Waals surface area contributed by atoms with E-state index in [4.69, 9.17) is 9.47 Å². The van der Waals surface area contributed by atoms with Crippen molar-refractivity contribution in [1.29, 1.82) is 0 Å². The van der Waals surface area contributed by atoms with Gasteiger partial charge in [0.15, 0.2) is 11.5 Å². The first-order valence-corrected chi connectivity index (χ1v) is 11.4. The molecule has 0 radical (unpaired) electrons. The number of hydrogen-bond acceptors (Lipinski definition) is 4. The third-order valence-electron chi connectivity index (χ3n) is 7.95. The molecule has 3 unspecified atom stereocenters. The zero-order valence-electron chi connectivity index (χ0n) is 18.2. The SMILES string of the molecule is CC1CC12NCC1(C(=O)N(Cc3ccc(F)cc3)c3ccccc31)c1cc3c(cc12)OCO3. The number of hydrogen-bond donors (Lipinski definition) is 1. The number of para-hydroxylation sites is 1. The Bertz CT molecular complexity index is 1320. The van der Waals surface area contributed by atoms with Crippen molar-refractivity contribution in [2.24, 2.45) is 5.92 Å². The van der Waals surface area contributed by atoms with Crippen molar-refractivity contribution in [3.8, 4) is 11.5 Å². The van der Waals surface area contributed by atoms with Crippen LogP contribution in [0, 0.1) is 11.7 Å². The smallest absolute Gasteiger partial charge is 0.243 e. The second-order valence-corrected chi connectivity index (χ2v) is 9.62. The molecule has 0 saturated heterocycles. The largest absolute Gasteiger partial charge is 0.454 e. The van der Waals surface area contributed by atoms with Crippen LogP contribution in [0.1, 0.15) is 35.6 Å². The summed E-state index contributed by atoms with van der Waals surface area (Å²) in [5.74, 6) is 1.67. The minimum absolute atomic E-state index is 0.0313. The van der Waals surface area contributed by atoms with E-state index in [2.05, 4.69) is 24.4 Å². The number of carbonyl (C=O) groups is 1. The van der Waals surface area contributed by atoms with Crippen LogP contribution in [0.5, 0.6) is 11.5 Å². The number of rotatable bonds is 2. The highest BCUT2D eigenvalue weighted by Crippen LogP contribution is 2.61. The highest BCUT2D eigenvalue weighted by atomic mass is 19.1. The maximum atomic E-state index is 14.3. The lowest BCUT2D eigenvalue weighted by atomic mass is 9.69. The molecule has 1 amide bonds. The van der Waals surface area contributed by atoms with Crippen LogP contribution in [0.25, 0.3) is 0 Å². The Kier molecular flexibility index (Phi) is 3.68. The lowest BCUT2D eigenvalue weighted by molar-refractivity contribution is -0.122. The number of nitrogens with zero attached hydrogens (tertiary/aromatic N) is 1. The summed E-state index contributed by atoms with van der Waals surface area (Å²) in [6, 6.07) is 18.5. The standard InChI is InChI=1S/C27H23FN2O3/c1-16-12-27(16)21-11-24-23(32-15-33-24)10-20(21)26(14-29-27)19-4-2-3-5-22(19)30(25(26)31)13-17-6-8-18(28)9-7-17/h2-11,16,29H,12-15H2,1H3. The summed E-state index contributed by atoms with van der Waals surface area (Å²) in [6.45, 7) is 3.35. The molecule has 1 saturated carbocycles. The van der Waals surface area contributed by atoms with Gasteiger partial charge in [-0.25, -0.2) is 4.39 Å². The molecule has 166 valence electrons. The highest BCUT2D eigenvalue weighted by Gasteiger charge is 2.63. The summed E-state index contributed by atoms with van der Waals surface area (Å²) in [6.07, 6.45) is 1.03. The number of amides is 1. The van der Waals surface area contributed by atoms with E-state index in [9.17, 15) is 9.18 Å². The molecule has 1 aliphatic carbocycles. The molecule has 3 heterocycles. The van der Waals surface area contributed by atoms with Gasteiger partial charge in [-0.15, -0.1) is 0 Å². The van der Waals surface area contributed by atoms with Crippen LogP contribution in [0.2, 0.25) is 0 Å². The number of halogens is 1. The fourth-order valence-corrected chi connectivity index (χ4v) is 6.08. The Morgan fingerprint density at radius 3 is 2.45 bits per heavy atom. The second-order valence-electron chi connectivity index (χ2n) is 9.62. The fraction of sp³-hybridized carbons (Fsp3) is 0.296. The molecular formula is C27H23FN2O3. The molecule has 3 aliphatic heterocycles. The predicted octanol–water partition coefficient (Wildman–Crippen LogP) is 4.23.